The Morgan fingerprint density at radius 3 is 2.60 bits per heavy atom. The molecule has 2 rings (SSSR count). The maximum absolute atomic E-state index is 14.2. The standard InChI is InChI=1S/C17H20FNO/c1-4-20-15-9-8-11(2)10-14(15)17(19)13-7-5-6-12(3)16(13)18/h5-10,17H,4,19H2,1-3H3. The fourth-order valence-electron chi connectivity index (χ4n) is 2.28. The van der Waals surface area contributed by atoms with Gasteiger partial charge in [0.15, 0.2) is 0 Å². The lowest BCUT2D eigenvalue weighted by Crippen LogP contribution is -2.16. The van der Waals surface area contributed by atoms with Crippen LogP contribution < -0.4 is 10.5 Å². The molecule has 2 nitrogen and oxygen atoms in total. The lowest BCUT2D eigenvalue weighted by molar-refractivity contribution is 0.335. The van der Waals surface area contributed by atoms with E-state index in [0.717, 1.165) is 11.1 Å². The van der Waals surface area contributed by atoms with Crippen molar-refractivity contribution in [1.82, 2.24) is 0 Å². The molecule has 2 N–H and O–H groups in total. The van der Waals surface area contributed by atoms with Gasteiger partial charge in [-0.1, -0.05) is 35.9 Å². The molecular weight excluding hydrogens is 253 g/mol. The lowest BCUT2D eigenvalue weighted by atomic mass is 9.95. The van der Waals surface area contributed by atoms with Crippen LogP contribution in [0, 0.1) is 19.7 Å². The molecule has 1 unspecified atom stereocenters. The summed E-state index contributed by atoms with van der Waals surface area (Å²) >= 11 is 0. The summed E-state index contributed by atoms with van der Waals surface area (Å²) < 4.78 is 19.8. The van der Waals surface area contributed by atoms with Crippen LogP contribution in [0.3, 0.4) is 0 Å². The summed E-state index contributed by atoms with van der Waals surface area (Å²) in [6, 6.07) is 10.6. The minimum absolute atomic E-state index is 0.246. The summed E-state index contributed by atoms with van der Waals surface area (Å²) in [6.45, 7) is 6.20. The molecule has 1 atom stereocenters. The van der Waals surface area contributed by atoms with E-state index in [1.807, 2.05) is 38.1 Å². The number of benzene rings is 2. The number of rotatable bonds is 4. The number of nitrogens with two attached hydrogens (primary N) is 1. The van der Waals surface area contributed by atoms with Crippen LogP contribution in [0.15, 0.2) is 36.4 Å². The zero-order valence-electron chi connectivity index (χ0n) is 12.1. The maximum atomic E-state index is 14.2. The van der Waals surface area contributed by atoms with E-state index in [9.17, 15) is 4.39 Å². The van der Waals surface area contributed by atoms with Crippen LogP contribution in [0.1, 0.15) is 35.2 Å². The number of halogens is 1. The molecule has 3 heteroatoms. The fraction of sp³-hybridized carbons (Fsp3) is 0.294. The van der Waals surface area contributed by atoms with Crippen molar-refractivity contribution in [1.29, 1.82) is 0 Å². The summed E-state index contributed by atoms with van der Waals surface area (Å²) in [5, 5.41) is 0. The third-order valence-corrected chi connectivity index (χ3v) is 3.36. The first-order valence-electron chi connectivity index (χ1n) is 6.78. The van der Waals surface area contributed by atoms with Gasteiger partial charge in [-0.05, 0) is 32.4 Å². The molecule has 2 aromatic carbocycles. The Labute approximate surface area is 119 Å². The summed E-state index contributed by atoms with van der Waals surface area (Å²) in [6.07, 6.45) is 0. The van der Waals surface area contributed by atoms with Gasteiger partial charge in [-0.15, -0.1) is 0 Å². The van der Waals surface area contributed by atoms with Crippen molar-refractivity contribution in [2.24, 2.45) is 5.73 Å². The second-order valence-electron chi connectivity index (χ2n) is 4.93. The Balaban J connectivity index is 2.49. The van der Waals surface area contributed by atoms with Crippen LogP contribution >= 0.6 is 0 Å². The highest BCUT2D eigenvalue weighted by Gasteiger charge is 2.18. The predicted molar refractivity (Wildman–Crippen MR) is 79.5 cm³/mol. The molecule has 0 aliphatic rings. The highest BCUT2D eigenvalue weighted by Crippen LogP contribution is 2.31. The predicted octanol–water partition coefficient (Wildman–Crippen LogP) is 3.89. The maximum Gasteiger partial charge on any atom is 0.131 e. The first-order valence-corrected chi connectivity index (χ1v) is 6.78. The topological polar surface area (TPSA) is 35.2 Å². The molecule has 0 fully saturated rings. The van der Waals surface area contributed by atoms with Gasteiger partial charge in [0.05, 0.1) is 12.6 Å². The van der Waals surface area contributed by atoms with E-state index in [1.54, 1.807) is 19.1 Å². The molecule has 0 bridgehead atoms. The SMILES string of the molecule is CCOc1ccc(C)cc1C(N)c1cccc(C)c1F. The second kappa shape index (κ2) is 6.06. The normalized spacial score (nSPS) is 12.2. The van der Waals surface area contributed by atoms with Gasteiger partial charge < -0.3 is 10.5 Å². The van der Waals surface area contributed by atoms with E-state index < -0.39 is 6.04 Å². The summed E-state index contributed by atoms with van der Waals surface area (Å²) in [4.78, 5) is 0. The quantitative estimate of drug-likeness (QED) is 0.917. The number of aryl methyl sites for hydroxylation is 2. The lowest BCUT2D eigenvalue weighted by Gasteiger charge is -2.19. The zero-order valence-corrected chi connectivity index (χ0v) is 12.1. The van der Waals surface area contributed by atoms with Gasteiger partial charge in [-0.25, -0.2) is 4.39 Å². The van der Waals surface area contributed by atoms with Crippen LogP contribution in [0.2, 0.25) is 0 Å². The van der Waals surface area contributed by atoms with E-state index >= 15 is 0 Å². The van der Waals surface area contributed by atoms with Crippen LogP contribution in [0.25, 0.3) is 0 Å². The minimum atomic E-state index is -0.531. The van der Waals surface area contributed by atoms with E-state index in [-0.39, 0.29) is 5.82 Å². The van der Waals surface area contributed by atoms with Gasteiger partial charge in [0.25, 0.3) is 0 Å². The van der Waals surface area contributed by atoms with Gasteiger partial charge in [-0.3, -0.25) is 0 Å². The summed E-state index contributed by atoms with van der Waals surface area (Å²) in [5.41, 5.74) is 9.26. The van der Waals surface area contributed by atoms with Crippen LogP contribution in [-0.2, 0) is 0 Å². The van der Waals surface area contributed by atoms with Crippen molar-refractivity contribution < 1.29 is 9.13 Å². The van der Waals surface area contributed by atoms with Crippen molar-refractivity contribution in [3.8, 4) is 5.75 Å². The minimum Gasteiger partial charge on any atom is -0.494 e. The van der Waals surface area contributed by atoms with Gasteiger partial charge in [0.1, 0.15) is 11.6 Å². The third kappa shape index (κ3) is 2.83. The average molecular weight is 273 g/mol. The molecular formula is C17H20FNO. The molecule has 0 heterocycles. The Morgan fingerprint density at radius 1 is 1.15 bits per heavy atom. The Morgan fingerprint density at radius 2 is 1.90 bits per heavy atom. The number of hydrogen-bond acceptors (Lipinski definition) is 2. The van der Waals surface area contributed by atoms with Crippen LogP contribution in [0.4, 0.5) is 4.39 Å². The highest BCUT2D eigenvalue weighted by atomic mass is 19.1. The fourth-order valence-corrected chi connectivity index (χ4v) is 2.28. The van der Waals surface area contributed by atoms with E-state index in [2.05, 4.69) is 0 Å². The van der Waals surface area contributed by atoms with Gasteiger partial charge in [0, 0.05) is 11.1 Å². The molecule has 0 saturated heterocycles. The molecule has 106 valence electrons. The summed E-state index contributed by atoms with van der Waals surface area (Å²) in [7, 11) is 0. The molecule has 0 amide bonds. The van der Waals surface area contributed by atoms with Gasteiger partial charge >= 0.3 is 0 Å². The monoisotopic (exact) mass is 273 g/mol. The summed E-state index contributed by atoms with van der Waals surface area (Å²) in [5.74, 6) is 0.468. The Bertz CT molecular complexity index is 610. The molecule has 0 saturated carbocycles. The first kappa shape index (κ1) is 14.5. The molecule has 0 spiro atoms. The Kier molecular flexibility index (Phi) is 4.40. The van der Waals surface area contributed by atoms with Gasteiger partial charge in [0.2, 0.25) is 0 Å². The van der Waals surface area contributed by atoms with E-state index in [1.165, 1.54) is 0 Å². The van der Waals surface area contributed by atoms with Gasteiger partial charge in [-0.2, -0.15) is 0 Å². The van der Waals surface area contributed by atoms with Crippen LogP contribution in [-0.4, -0.2) is 6.61 Å². The molecule has 0 radical (unpaired) electrons. The van der Waals surface area contributed by atoms with Crippen molar-refractivity contribution in [3.63, 3.8) is 0 Å². The van der Waals surface area contributed by atoms with Crippen molar-refractivity contribution >= 4 is 0 Å². The molecule has 0 aliphatic carbocycles. The molecule has 0 aromatic heterocycles. The van der Waals surface area contributed by atoms with Crippen molar-refractivity contribution in [2.45, 2.75) is 26.8 Å². The smallest absolute Gasteiger partial charge is 0.131 e. The molecule has 20 heavy (non-hydrogen) atoms. The third-order valence-electron chi connectivity index (χ3n) is 3.36. The van der Waals surface area contributed by atoms with E-state index in [0.29, 0.717) is 23.5 Å². The van der Waals surface area contributed by atoms with Crippen LogP contribution in [0.5, 0.6) is 5.75 Å². The molecule has 0 aliphatic heterocycles. The molecule has 2 aromatic rings. The second-order valence-corrected chi connectivity index (χ2v) is 4.93. The number of hydrogen-bond donors (Lipinski definition) is 1. The van der Waals surface area contributed by atoms with E-state index in [4.69, 9.17) is 10.5 Å². The Hall–Kier alpha value is -1.87. The van der Waals surface area contributed by atoms with Crippen molar-refractivity contribution in [2.75, 3.05) is 6.61 Å². The number of ether oxygens (including phenoxy) is 1. The van der Waals surface area contributed by atoms with Crippen molar-refractivity contribution in [3.05, 3.63) is 64.5 Å². The first-order chi connectivity index (χ1) is 9.54. The highest BCUT2D eigenvalue weighted by molar-refractivity contribution is 5.44. The zero-order chi connectivity index (χ0) is 14.7. The average Bonchev–Trinajstić information content (AvgIpc) is 2.43. The largest absolute Gasteiger partial charge is 0.494 e.